The Labute approximate surface area is 128 Å². The van der Waals surface area contributed by atoms with Gasteiger partial charge < -0.3 is 10.0 Å². The Balaban J connectivity index is 1.79. The largest absolute Gasteiger partial charge is 0.480 e. The number of nitrogens with zero attached hydrogens (tertiary/aromatic N) is 3. The highest BCUT2D eigenvalue weighted by atomic mass is 16.4. The number of benzene rings is 1. The van der Waals surface area contributed by atoms with Crippen LogP contribution in [0.15, 0.2) is 36.5 Å². The quantitative estimate of drug-likeness (QED) is 0.914. The van der Waals surface area contributed by atoms with Gasteiger partial charge in [-0.3, -0.25) is 9.59 Å². The first-order chi connectivity index (χ1) is 10.5. The molecule has 1 fully saturated rings. The fraction of sp³-hybridized carbons (Fsp3) is 0.312. The van der Waals surface area contributed by atoms with Gasteiger partial charge in [0.15, 0.2) is 0 Å². The first kappa shape index (κ1) is 14.3. The minimum absolute atomic E-state index is 0.0667. The minimum atomic E-state index is -0.983. The van der Waals surface area contributed by atoms with Gasteiger partial charge in [0.1, 0.15) is 6.54 Å². The molecule has 22 heavy (non-hydrogen) atoms. The molecule has 0 unspecified atom stereocenters. The van der Waals surface area contributed by atoms with E-state index in [0.29, 0.717) is 5.56 Å². The first-order valence-electron chi connectivity index (χ1n) is 7.20. The summed E-state index contributed by atoms with van der Waals surface area (Å²) in [5, 5.41) is 13.3. The number of amides is 1. The van der Waals surface area contributed by atoms with Crippen molar-refractivity contribution in [2.75, 3.05) is 6.54 Å². The molecule has 1 aliphatic rings. The summed E-state index contributed by atoms with van der Waals surface area (Å²) in [6.45, 7) is 1.66. The van der Waals surface area contributed by atoms with Crippen LogP contribution in [0, 0.1) is 6.92 Å². The molecular formula is C16H17N3O3. The summed E-state index contributed by atoms with van der Waals surface area (Å²) in [5.74, 6) is -1.21. The zero-order valence-corrected chi connectivity index (χ0v) is 12.3. The number of aromatic nitrogens is 2. The summed E-state index contributed by atoms with van der Waals surface area (Å²) in [7, 11) is 0. The van der Waals surface area contributed by atoms with Gasteiger partial charge in [-0.25, -0.2) is 4.68 Å². The van der Waals surface area contributed by atoms with Gasteiger partial charge in [-0.15, -0.1) is 0 Å². The van der Waals surface area contributed by atoms with Crippen LogP contribution >= 0.6 is 0 Å². The molecule has 1 aromatic carbocycles. The highest BCUT2D eigenvalue weighted by Crippen LogP contribution is 2.28. The van der Waals surface area contributed by atoms with Gasteiger partial charge >= 0.3 is 5.97 Å². The van der Waals surface area contributed by atoms with Crippen LogP contribution < -0.4 is 0 Å². The monoisotopic (exact) mass is 299 g/mol. The lowest BCUT2D eigenvalue weighted by atomic mass is 10.1. The van der Waals surface area contributed by atoms with Crippen molar-refractivity contribution in [1.82, 2.24) is 14.7 Å². The molecule has 1 aliphatic carbocycles. The van der Waals surface area contributed by atoms with E-state index in [1.807, 2.05) is 31.3 Å². The predicted molar refractivity (Wildman–Crippen MR) is 80.0 cm³/mol. The summed E-state index contributed by atoms with van der Waals surface area (Å²) in [6.07, 6.45) is 3.61. The van der Waals surface area contributed by atoms with Crippen LogP contribution in [-0.4, -0.2) is 44.3 Å². The van der Waals surface area contributed by atoms with Crippen LogP contribution in [0.5, 0.6) is 0 Å². The topological polar surface area (TPSA) is 75.4 Å². The average molecular weight is 299 g/mol. The van der Waals surface area contributed by atoms with Gasteiger partial charge in [0.25, 0.3) is 5.91 Å². The van der Waals surface area contributed by atoms with Gasteiger partial charge in [0, 0.05) is 17.8 Å². The summed E-state index contributed by atoms with van der Waals surface area (Å²) in [5.41, 5.74) is 2.28. The molecule has 1 N–H and O–H groups in total. The lowest BCUT2D eigenvalue weighted by molar-refractivity contribution is -0.137. The van der Waals surface area contributed by atoms with Crippen LogP contribution in [0.1, 0.15) is 28.9 Å². The van der Waals surface area contributed by atoms with Crippen molar-refractivity contribution < 1.29 is 14.7 Å². The maximum atomic E-state index is 12.5. The predicted octanol–water partition coefficient (Wildman–Crippen LogP) is 1.87. The molecule has 2 aromatic rings. The summed E-state index contributed by atoms with van der Waals surface area (Å²) in [4.78, 5) is 24.8. The molecule has 1 heterocycles. The molecule has 3 rings (SSSR count). The van der Waals surface area contributed by atoms with Gasteiger partial charge in [-0.05, 0) is 50.1 Å². The van der Waals surface area contributed by atoms with Crippen LogP contribution in [0.3, 0.4) is 0 Å². The van der Waals surface area contributed by atoms with E-state index < -0.39 is 5.97 Å². The van der Waals surface area contributed by atoms with Gasteiger partial charge in [-0.2, -0.15) is 5.10 Å². The third-order valence-corrected chi connectivity index (χ3v) is 3.66. The fourth-order valence-electron chi connectivity index (χ4n) is 2.38. The van der Waals surface area contributed by atoms with Crippen molar-refractivity contribution in [1.29, 1.82) is 0 Å². The van der Waals surface area contributed by atoms with Crippen molar-refractivity contribution in [2.24, 2.45) is 0 Å². The van der Waals surface area contributed by atoms with Crippen LogP contribution in [0.4, 0.5) is 0 Å². The number of carboxylic acids is 1. The van der Waals surface area contributed by atoms with Crippen LogP contribution in [-0.2, 0) is 4.79 Å². The molecule has 1 aromatic heterocycles. The highest BCUT2D eigenvalue weighted by molar-refractivity contribution is 5.96. The number of carbonyl (C=O) groups is 2. The molecule has 0 aliphatic heterocycles. The standard InChI is InChI=1S/C16H17N3O3/c1-11-8-9-19(17-11)14-4-2-12(3-5-14)16(22)18(10-15(20)21)13-6-7-13/h2-5,8-9,13H,6-7,10H2,1H3,(H,20,21). The van der Waals surface area contributed by atoms with E-state index in [-0.39, 0.29) is 18.5 Å². The number of hydrogen-bond acceptors (Lipinski definition) is 3. The van der Waals surface area contributed by atoms with Crippen molar-refractivity contribution in [3.05, 3.63) is 47.8 Å². The first-order valence-corrected chi connectivity index (χ1v) is 7.20. The second-order valence-electron chi connectivity index (χ2n) is 5.51. The SMILES string of the molecule is Cc1ccn(-c2ccc(C(=O)N(CC(=O)O)C3CC3)cc2)n1. The Kier molecular flexibility index (Phi) is 3.66. The molecule has 0 atom stereocenters. The second-order valence-corrected chi connectivity index (χ2v) is 5.51. The van der Waals surface area contributed by atoms with Crippen LogP contribution in [0.2, 0.25) is 0 Å². The average Bonchev–Trinajstić information content (AvgIpc) is 3.25. The molecule has 6 nitrogen and oxygen atoms in total. The van der Waals surface area contributed by atoms with Crippen molar-refractivity contribution in [3.63, 3.8) is 0 Å². The van der Waals surface area contributed by atoms with E-state index in [0.717, 1.165) is 24.2 Å². The van der Waals surface area contributed by atoms with E-state index in [1.54, 1.807) is 16.8 Å². The molecule has 0 radical (unpaired) electrons. The Morgan fingerprint density at radius 2 is 1.95 bits per heavy atom. The van der Waals surface area contributed by atoms with Gasteiger partial charge in [0.2, 0.25) is 0 Å². The maximum Gasteiger partial charge on any atom is 0.323 e. The van der Waals surface area contributed by atoms with E-state index in [9.17, 15) is 9.59 Å². The molecule has 114 valence electrons. The lowest BCUT2D eigenvalue weighted by Gasteiger charge is -2.20. The zero-order chi connectivity index (χ0) is 15.7. The third-order valence-electron chi connectivity index (χ3n) is 3.66. The van der Waals surface area contributed by atoms with E-state index in [1.165, 1.54) is 4.90 Å². The molecular weight excluding hydrogens is 282 g/mol. The molecule has 0 bridgehead atoms. The zero-order valence-electron chi connectivity index (χ0n) is 12.3. The van der Waals surface area contributed by atoms with Gasteiger partial charge in [0.05, 0.1) is 11.4 Å². The Bertz CT molecular complexity index is 702. The smallest absolute Gasteiger partial charge is 0.323 e. The van der Waals surface area contributed by atoms with E-state index in [4.69, 9.17) is 5.11 Å². The summed E-state index contributed by atoms with van der Waals surface area (Å²) >= 11 is 0. The maximum absolute atomic E-state index is 12.5. The number of carbonyl (C=O) groups excluding carboxylic acids is 1. The highest BCUT2D eigenvalue weighted by Gasteiger charge is 2.34. The van der Waals surface area contributed by atoms with E-state index >= 15 is 0 Å². The van der Waals surface area contributed by atoms with E-state index in [2.05, 4.69) is 5.10 Å². The normalized spacial score (nSPS) is 13.9. The Morgan fingerprint density at radius 1 is 1.27 bits per heavy atom. The summed E-state index contributed by atoms with van der Waals surface area (Å²) < 4.78 is 1.74. The molecule has 1 saturated carbocycles. The third kappa shape index (κ3) is 3.00. The number of rotatable bonds is 5. The molecule has 0 spiro atoms. The van der Waals surface area contributed by atoms with Crippen molar-refractivity contribution in [2.45, 2.75) is 25.8 Å². The van der Waals surface area contributed by atoms with Crippen molar-refractivity contribution in [3.8, 4) is 5.69 Å². The van der Waals surface area contributed by atoms with Crippen LogP contribution in [0.25, 0.3) is 5.69 Å². The lowest BCUT2D eigenvalue weighted by Crippen LogP contribution is -2.37. The number of carboxylic acid groups (broad SMARTS) is 1. The number of aryl methyl sites for hydroxylation is 1. The Morgan fingerprint density at radius 3 is 2.45 bits per heavy atom. The van der Waals surface area contributed by atoms with Crippen molar-refractivity contribution >= 4 is 11.9 Å². The fourth-order valence-corrected chi connectivity index (χ4v) is 2.38. The number of hydrogen-bond donors (Lipinski definition) is 1. The Hall–Kier alpha value is -2.63. The molecule has 0 saturated heterocycles. The molecule has 6 heteroatoms. The second kappa shape index (κ2) is 5.63. The number of aliphatic carboxylic acids is 1. The minimum Gasteiger partial charge on any atom is -0.480 e. The van der Waals surface area contributed by atoms with Gasteiger partial charge in [-0.1, -0.05) is 0 Å². The molecule has 1 amide bonds. The summed E-state index contributed by atoms with van der Waals surface area (Å²) in [6, 6.07) is 9.02.